The molecular weight excluding hydrogens is 184 g/mol. The Bertz CT molecular complexity index is 189. The number of nitrogens with zero attached hydrogens (tertiary/aromatic N) is 1. The summed E-state index contributed by atoms with van der Waals surface area (Å²) in [6.07, 6.45) is 5.65. The Hall–Kier alpha value is -0.0800. The van der Waals surface area contributed by atoms with Gasteiger partial charge in [-0.15, -0.1) is 0 Å². The van der Waals surface area contributed by atoms with Crippen LogP contribution in [0.15, 0.2) is 0 Å². The maximum absolute atomic E-state index is 3.63. The van der Waals surface area contributed by atoms with Crippen LogP contribution < -0.4 is 5.32 Å². The van der Waals surface area contributed by atoms with Crippen LogP contribution in [-0.4, -0.2) is 37.1 Å². The standard InChI is InChI=1S/C13H26N2/c1-3-11(2)8-14-9-12-6-7-15(10-12)13-4-5-13/h11-14H,3-10H2,1-2H3. The third-order valence-electron chi connectivity index (χ3n) is 4.00. The molecular formula is C13H26N2. The Morgan fingerprint density at radius 3 is 2.80 bits per heavy atom. The van der Waals surface area contributed by atoms with Gasteiger partial charge in [-0.05, 0) is 50.7 Å². The lowest BCUT2D eigenvalue weighted by molar-refractivity contribution is 0.310. The molecule has 88 valence electrons. The molecule has 0 aromatic heterocycles. The van der Waals surface area contributed by atoms with Crippen molar-refractivity contribution in [3.63, 3.8) is 0 Å². The normalized spacial score (nSPS) is 29.6. The van der Waals surface area contributed by atoms with E-state index in [2.05, 4.69) is 24.1 Å². The molecule has 0 aromatic rings. The summed E-state index contributed by atoms with van der Waals surface area (Å²) in [4.78, 5) is 2.70. The quantitative estimate of drug-likeness (QED) is 0.722. The van der Waals surface area contributed by atoms with Gasteiger partial charge in [-0.1, -0.05) is 20.3 Å². The average molecular weight is 210 g/mol. The second kappa shape index (κ2) is 5.31. The largest absolute Gasteiger partial charge is 0.316 e. The highest BCUT2D eigenvalue weighted by molar-refractivity contribution is 4.89. The molecule has 0 bridgehead atoms. The third-order valence-corrected chi connectivity index (χ3v) is 4.00. The Morgan fingerprint density at radius 1 is 1.33 bits per heavy atom. The Morgan fingerprint density at radius 2 is 2.13 bits per heavy atom. The highest BCUT2D eigenvalue weighted by Gasteiger charge is 2.33. The van der Waals surface area contributed by atoms with Crippen molar-refractivity contribution in [2.75, 3.05) is 26.2 Å². The van der Waals surface area contributed by atoms with Crippen LogP contribution in [0.2, 0.25) is 0 Å². The van der Waals surface area contributed by atoms with Crippen LogP contribution in [0.5, 0.6) is 0 Å². The molecule has 2 nitrogen and oxygen atoms in total. The van der Waals surface area contributed by atoms with Crippen molar-refractivity contribution in [2.24, 2.45) is 11.8 Å². The average Bonchev–Trinajstić information content (AvgIpc) is 2.99. The lowest BCUT2D eigenvalue weighted by atomic mass is 10.1. The van der Waals surface area contributed by atoms with E-state index in [9.17, 15) is 0 Å². The predicted molar refractivity (Wildman–Crippen MR) is 65.0 cm³/mol. The van der Waals surface area contributed by atoms with Crippen LogP contribution >= 0.6 is 0 Å². The zero-order chi connectivity index (χ0) is 10.7. The highest BCUT2D eigenvalue weighted by atomic mass is 15.2. The van der Waals surface area contributed by atoms with E-state index in [0.29, 0.717) is 0 Å². The van der Waals surface area contributed by atoms with Crippen LogP contribution in [0.1, 0.15) is 39.5 Å². The van der Waals surface area contributed by atoms with E-state index >= 15 is 0 Å². The number of likely N-dealkylation sites (tertiary alicyclic amines) is 1. The molecule has 2 fully saturated rings. The fourth-order valence-electron chi connectivity index (χ4n) is 2.48. The van der Waals surface area contributed by atoms with Gasteiger partial charge in [-0.25, -0.2) is 0 Å². The summed E-state index contributed by atoms with van der Waals surface area (Å²) in [5.41, 5.74) is 0. The summed E-state index contributed by atoms with van der Waals surface area (Å²) >= 11 is 0. The first-order valence-electron chi connectivity index (χ1n) is 6.74. The zero-order valence-corrected chi connectivity index (χ0v) is 10.3. The molecule has 2 atom stereocenters. The Kier molecular flexibility index (Phi) is 4.04. The Labute approximate surface area is 94.4 Å². The molecule has 0 radical (unpaired) electrons. The van der Waals surface area contributed by atoms with Gasteiger partial charge in [0.25, 0.3) is 0 Å². The van der Waals surface area contributed by atoms with E-state index in [4.69, 9.17) is 0 Å². The molecule has 2 aliphatic rings. The molecule has 1 aliphatic carbocycles. The molecule has 0 spiro atoms. The maximum Gasteiger partial charge on any atom is 0.00965 e. The molecule has 1 aliphatic heterocycles. The highest BCUT2D eigenvalue weighted by Crippen LogP contribution is 2.31. The van der Waals surface area contributed by atoms with Crippen LogP contribution in [-0.2, 0) is 0 Å². The van der Waals surface area contributed by atoms with Crippen LogP contribution in [0, 0.1) is 11.8 Å². The first-order chi connectivity index (χ1) is 7.29. The summed E-state index contributed by atoms with van der Waals surface area (Å²) in [5.74, 6) is 1.76. The molecule has 15 heavy (non-hydrogen) atoms. The van der Waals surface area contributed by atoms with Gasteiger partial charge in [0.1, 0.15) is 0 Å². The summed E-state index contributed by atoms with van der Waals surface area (Å²) in [6.45, 7) is 9.78. The SMILES string of the molecule is CCC(C)CNCC1CCN(C2CC2)C1. The summed E-state index contributed by atoms with van der Waals surface area (Å²) in [7, 11) is 0. The van der Waals surface area contributed by atoms with Crippen LogP contribution in [0.25, 0.3) is 0 Å². The minimum atomic E-state index is 0.839. The van der Waals surface area contributed by atoms with E-state index in [0.717, 1.165) is 17.9 Å². The third kappa shape index (κ3) is 3.46. The molecule has 2 rings (SSSR count). The fourth-order valence-corrected chi connectivity index (χ4v) is 2.48. The number of rotatable bonds is 6. The molecule has 0 amide bonds. The molecule has 1 heterocycles. The Balaban J connectivity index is 1.56. The van der Waals surface area contributed by atoms with E-state index in [1.165, 1.54) is 51.9 Å². The minimum absolute atomic E-state index is 0.839. The van der Waals surface area contributed by atoms with Crippen molar-refractivity contribution >= 4 is 0 Å². The van der Waals surface area contributed by atoms with Crippen LogP contribution in [0.3, 0.4) is 0 Å². The van der Waals surface area contributed by atoms with Gasteiger partial charge in [-0.3, -0.25) is 0 Å². The minimum Gasteiger partial charge on any atom is -0.316 e. The monoisotopic (exact) mass is 210 g/mol. The van der Waals surface area contributed by atoms with E-state index in [1.807, 2.05) is 0 Å². The molecule has 2 heteroatoms. The van der Waals surface area contributed by atoms with Crippen molar-refractivity contribution < 1.29 is 0 Å². The van der Waals surface area contributed by atoms with Crippen molar-refractivity contribution in [3.8, 4) is 0 Å². The fraction of sp³-hybridized carbons (Fsp3) is 1.00. The first-order valence-corrected chi connectivity index (χ1v) is 6.74. The van der Waals surface area contributed by atoms with Gasteiger partial charge in [0.05, 0.1) is 0 Å². The maximum atomic E-state index is 3.63. The summed E-state index contributed by atoms with van der Waals surface area (Å²) < 4.78 is 0. The predicted octanol–water partition coefficient (Wildman–Crippen LogP) is 2.11. The summed E-state index contributed by atoms with van der Waals surface area (Å²) in [6, 6.07) is 0.976. The zero-order valence-electron chi connectivity index (χ0n) is 10.3. The van der Waals surface area contributed by atoms with Gasteiger partial charge >= 0.3 is 0 Å². The van der Waals surface area contributed by atoms with Crippen LogP contribution in [0.4, 0.5) is 0 Å². The second-order valence-corrected chi connectivity index (χ2v) is 5.55. The van der Waals surface area contributed by atoms with Gasteiger partial charge in [0.2, 0.25) is 0 Å². The van der Waals surface area contributed by atoms with Gasteiger partial charge in [0, 0.05) is 12.6 Å². The van der Waals surface area contributed by atoms with Crippen molar-refractivity contribution in [2.45, 2.75) is 45.6 Å². The number of hydrogen-bond donors (Lipinski definition) is 1. The number of hydrogen-bond acceptors (Lipinski definition) is 2. The molecule has 1 N–H and O–H groups in total. The molecule has 0 aromatic carbocycles. The molecule has 1 saturated carbocycles. The first kappa shape index (κ1) is 11.4. The number of nitrogens with one attached hydrogen (secondary N) is 1. The van der Waals surface area contributed by atoms with Gasteiger partial charge in [0.15, 0.2) is 0 Å². The molecule has 2 unspecified atom stereocenters. The van der Waals surface area contributed by atoms with Crippen molar-refractivity contribution in [1.29, 1.82) is 0 Å². The topological polar surface area (TPSA) is 15.3 Å². The van der Waals surface area contributed by atoms with E-state index < -0.39 is 0 Å². The smallest absolute Gasteiger partial charge is 0.00965 e. The van der Waals surface area contributed by atoms with Gasteiger partial charge in [-0.2, -0.15) is 0 Å². The van der Waals surface area contributed by atoms with Crippen molar-refractivity contribution in [3.05, 3.63) is 0 Å². The lowest BCUT2D eigenvalue weighted by Crippen LogP contribution is -2.29. The van der Waals surface area contributed by atoms with Gasteiger partial charge < -0.3 is 10.2 Å². The second-order valence-electron chi connectivity index (χ2n) is 5.55. The summed E-state index contributed by atoms with van der Waals surface area (Å²) in [5, 5.41) is 3.63. The lowest BCUT2D eigenvalue weighted by Gasteiger charge is -2.16. The van der Waals surface area contributed by atoms with Crippen molar-refractivity contribution in [1.82, 2.24) is 10.2 Å². The molecule has 1 saturated heterocycles. The van der Waals surface area contributed by atoms with E-state index in [-0.39, 0.29) is 0 Å². The van der Waals surface area contributed by atoms with E-state index in [1.54, 1.807) is 0 Å².